The maximum atomic E-state index is 13.4. The van der Waals surface area contributed by atoms with Crippen LogP contribution < -0.4 is 5.32 Å². The summed E-state index contributed by atoms with van der Waals surface area (Å²) in [6.45, 7) is 6.04. The van der Waals surface area contributed by atoms with Crippen molar-refractivity contribution in [2.45, 2.75) is 39.7 Å². The van der Waals surface area contributed by atoms with Gasteiger partial charge in [0, 0.05) is 29.4 Å². The van der Waals surface area contributed by atoms with Crippen LogP contribution in [0.2, 0.25) is 0 Å². The number of thiophene rings is 1. The van der Waals surface area contributed by atoms with Crippen molar-refractivity contribution >= 4 is 28.3 Å². The van der Waals surface area contributed by atoms with Crippen molar-refractivity contribution in [2.75, 3.05) is 0 Å². The molecule has 0 saturated carbocycles. The molecule has 31 heavy (non-hydrogen) atoms. The monoisotopic (exact) mass is 436 g/mol. The third-order valence-corrected chi connectivity index (χ3v) is 6.61. The van der Waals surface area contributed by atoms with Crippen molar-refractivity contribution in [3.05, 3.63) is 80.6 Å². The Morgan fingerprint density at radius 3 is 2.58 bits per heavy atom. The quantitative estimate of drug-likeness (QED) is 0.466. The van der Waals surface area contributed by atoms with Crippen LogP contribution in [0.4, 0.5) is 4.39 Å². The highest BCUT2D eigenvalue weighted by atomic mass is 32.1. The Hall–Kier alpha value is -3.06. The molecule has 3 heterocycles. The lowest BCUT2D eigenvalue weighted by Crippen LogP contribution is -2.29. The fourth-order valence-electron chi connectivity index (χ4n) is 4.13. The van der Waals surface area contributed by atoms with Crippen LogP contribution in [-0.2, 0) is 18.3 Å². The molecule has 0 fully saturated rings. The molecule has 0 saturated heterocycles. The summed E-state index contributed by atoms with van der Waals surface area (Å²) in [5.74, 6) is -0.343. The number of benzene rings is 1. The number of carbonyl (C=O) groups excluding carboxylic acids is 1. The van der Waals surface area contributed by atoms with Gasteiger partial charge in [0.2, 0.25) is 5.91 Å². The average molecular weight is 437 g/mol. The molecule has 0 bridgehead atoms. The second kappa shape index (κ2) is 8.59. The zero-order valence-electron chi connectivity index (χ0n) is 18.1. The highest BCUT2D eigenvalue weighted by Gasteiger charge is 2.20. The van der Waals surface area contributed by atoms with Gasteiger partial charge in [-0.15, -0.1) is 11.3 Å². The number of rotatable bonds is 6. The van der Waals surface area contributed by atoms with Crippen molar-refractivity contribution in [3.63, 3.8) is 0 Å². The van der Waals surface area contributed by atoms with Crippen LogP contribution in [-0.4, -0.2) is 20.7 Å². The van der Waals surface area contributed by atoms with Gasteiger partial charge < -0.3 is 5.32 Å². The summed E-state index contributed by atoms with van der Waals surface area (Å²) in [5.41, 5.74) is 5.83. The molecule has 1 N–H and O–H groups in total. The Balaban J connectivity index is 1.54. The summed E-state index contributed by atoms with van der Waals surface area (Å²) in [6.07, 6.45) is 0.943. The van der Waals surface area contributed by atoms with E-state index in [4.69, 9.17) is 4.98 Å². The third-order valence-electron chi connectivity index (χ3n) is 5.67. The predicted octanol–water partition coefficient (Wildman–Crippen LogP) is 4.93. The van der Waals surface area contributed by atoms with Crippen molar-refractivity contribution < 1.29 is 9.18 Å². The number of halogens is 1. The minimum Gasteiger partial charge on any atom is -0.344 e. The smallest absolute Gasteiger partial charge is 0.221 e. The van der Waals surface area contributed by atoms with Crippen LogP contribution in [0.1, 0.15) is 45.4 Å². The zero-order chi connectivity index (χ0) is 22.1. The number of carbonyl (C=O) groups is 1. The van der Waals surface area contributed by atoms with Gasteiger partial charge >= 0.3 is 0 Å². The van der Waals surface area contributed by atoms with Crippen LogP contribution in [0.25, 0.3) is 11.0 Å². The SMILES string of the molecule is Cc1nc2c(c(C)nn2C)c(C)c1CCC(=O)N[C@H](c1ccc(F)cc1)c1cccs1. The highest BCUT2D eigenvalue weighted by Crippen LogP contribution is 2.28. The fraction of sp³-hybridized carbons (Fsp3) is 0.292. The van der Waals surface area contributed by atoms with Crippen LogP contribution in [0.3, 0.4) is 0 Å². The van der Waals surface area contributed by atoms with E-state index in [2.05, 4.69) is 17.3 Å². The van der Waals surface area contributed by atoms with Crippen LogP contribution in [0, 0.1) is 26.6 Å². The molecule has 0 aliphatic heterocycles. The molecule has 0 spiro atoms. The molecule has 1 atom stereocenters. The lowest BCUT2D eigenvalue weighted by molar-refractivity contribution is -0.121. The largest absolute Gasteiger partial charge is 0.344 e. The Morgan fingerprint density at radius 2 is 1.90 bits per heavy atom. The number of hydrogen-bond acceptors (Lipinski definition) is 4. The number of nitrogens with zero attached hydrogens (tertiary/aromatic N) is 3. The van der Waals surface area contributed by atoms with Gasteiger partial charge in [0.05, 0.1) is 11.7 Å². The Bertz CT molecular complexity index is 1230. The van der Waals surface area contributed by atoms with E-state index in [-0.39, 0.29) is 17.8 Å². The zero-order valence-corrected chi connectivity index (χ0v) is 18.9. The molecule has 1 amide bonds. The van der Waals surface area contributed by atoms with Crippen LogP contribution >= 0.6 is 11.3 Å². The predicted molar refractivity (Wildman–Crippen MR) is 122 cm³/mol. The molecule has 3 aromatic heterocycles. The third kappa shape index (κ3) is 4.23. The average Bonchev–Trinajstić information content (AvgIpc) is 3.35. The van der Waals surface area contributed by atoms with Gasteiger partial charge in [0.25, 0.3) is 0 Å². The molecule has 0 radical (unpaired) electrons. The number of amides is 1. The van der Waals surface area contributed by atoms with Crippen molar-refractivity contribution in [1.29, 1.82) is 0 Å². The maximum absolute atomic E-state index is 13.4. The van der Waals surface area contributed by atoms with E-state index in [1.807, 2.05) is 38.4 Å². The first-order valence-corrected chi connectivity index (χ1v) is 11.1. The second-order valence-corrected chi connectivity index (χ2v) is 8.76. The van der Waals surface area contributed by atoms with Gasteiger partial charge in [-0.2, -0.15) is 5.10 Å². The normalized spacial score (nSPS) is 12.3. The van der Waals surface area contributed by atoms with Gasteiger partial charge in [0.15, 0.2) is 5.65 Å². The topological polar surface area (TPSA) is 59.8 Å². The summed E-state index contributed by atoms with van der Waals surface area (Å²) in [4.78, 5) is 18.6. The van der Waals surface area contributed by atoms with Crippen LogP contribution in [0.15, 0.2) is 41.8 Å². The first kappa shape index (κ1) is 21.2. The number of pyridine rings is 1. The van der Waals surface area contributed by atoms with E-state index in [0.717, 1.165) is 44.0 Å². The number of nitrogens with one attached hydrogen (secondary N) is 1. The van der Waals surface area contributed by atoms with E-state index < -0.39 is 0 Å². The van der Waals surface area contributed by atoms with E-state index >= 15 is 0 Å². The van der Waals surface area contributed by atoms with Crippen molar-refractivity contribution in [2.24, 2.45) is 7.05 Å². The van der Waals surface area contributed by atoms with E-state index in [1.54, 1.807) is 28.2 Å². The number of aromatic nitrogens is 3. The molecular weight excluding hydrogens is 411 g/mol. The summed E-state index contributed by atoms with van der Waals surface area (Å²) >= 11 is 1.57. The van der Waals surface area contributed by atoms with Crippen molar-refractivity contribution in [3.8, 4) is 0 Å². The van der Waals surface area contributed by atoms with E-state index in [0.29, 0.717) is 12.8 Å². The molecule has 0 unspecified atom stereocenters. The first-order chi connectivity index (χ1) is 14.8. The Labute approximate surface area is 184 Å². The molecule has 4 aromatic rings. The van der Waals surface area contributed by atoms with Crippen LogP contribution in [0.5, 0.6) is 0 Å². The van der Waals surface area contributed by atoms with E-state index in [9.17, 15) is 9.18 Å². The number of aryl methyl sites for hydroxylation is 4. The first-order valence-electron chi connectivity index (χ1n) is 10.2. The molecule has 5 nitrogen and oxygen atoms in total. The molecule has 0 aliphatic rings. The summed E-state index contributed by atoms with van der Waals surface area (Å²) in [5, 5.41) is 10.7. The standard InChI is InChI=1S/C24H25FN4OS/c1-14-19(15(2)26-24-22(14)16(3)28-29(24)4)11-12-21(30)27-23(20-6-5-13-31-20)17-7-9-18(25)10-8-17/h5-10,13,23H,11-12H2,1-4H3,(H,27,30)/t23-/m1/s1. The lowest BCUT2D eigenvalue weighted by atomic mass is 9.98. The molecule has 0 aliphatic carbocycles. The summed E-state index contributed by atoms with van der Waals surface area (Å²) in [7, 11) is 1.90. The van der Waals surface area contributed by atoms with Gasteiger partial charge in [-0.05, 0) is 67.5 Å². The molecule has 7 heteroatoms. The van der Waals surface area contributed by atoms with Gasteiger partial charge in [-0.3, -0.25) is 9.48 Å². The molecule has 4 rings (SSSR count). The summed E-state index contributed by atoms with van der Waals surface area (Å²) in [6, 6.07) is 9.92. The maximum Gasteiger partial charge on any atom is 0.221 e. The summed E-state index contributed by atoms with van der Waals surface area (Å²) < 4.78 is 15.2. The minimum absolute atomic E-state index is 0.0514. The minimum atomic E-state index is -0.295. The Morgan fingerprint density at radius 1 is 1.16 bits per heavy atom. The number of fused-ring (bicyclic) bond motifs is 1. The van der Waals surface area contributed by atoms with E-state index in [1.165, 1.54) is 12.1 Å². The molecule has 1 aromatic carbocycles. The second-order valence-electron chi connectivity index (χ2n) is 7.78. The lowest BCUT2D eigenvalue weighted by Gasteiger charge is -2.19. The molecule has 160 valence electrons. The molecular formula is C24H25FN4OS. The van der Waals surface area contributed by atoms with Gasteiger partial charge in [-0.25, -0.2) is 9.37 Å². The fourth-order valence-corrected chi connectivity index (χ4v) is 4.93. The van der Waals surface area contributed by atoms with Gasteiger partial charge in [-0.1, -0.05) is 18.2 Å². The van der Waals surface area contributed by atoms with Gasteiger partial charge in [0.1, 0.15) is 5.82 Å². The number of hydrogen-bond donors (Lipinski definition) is 1. The Kier molecular flexibility index (Phi) is 5.87. The highest BCUT2D eigenvalue weighted by molar-refractivity contribution is 7.10. The van der Waals surface area contributed by atoms with Crippen molar-refractivity contribution in [1.82, 2.24) is 20.1 Å².